The van der Waals surface area contributed by atoms with Gasteiger partial charge in [0.25, 0.3) is 5.91 Å². The van der Waals surface area contributed by atoms with Gasteiger partial charge in [-0.2, -0.15) is 0 Å². The first-order valence-electron chi connectivity index (χ1n) is 7.59. The van der Waals surface area contributed by atoms with Crippen LogP contribution in [0.5, 0.6) is 0 Å². The molecule has 0 aliphatic carbocycles. The highest BCUT2D eigenvalue weighted by atomic mass is 16.3. The lowest BCUT2D eigenvalue weighted by Gasteiger charge is -2.20. The van der Waals surface area contributed by atoms with Gasteiger partial charge < -0.3 is 15.1 Å². The Bertz CT molecular complexity index is 692. The SMILES string of the molecule is Cc1ccc(C)c([C@H](C)NC(=O)[C@H](C)NC(=O)c2ccoc2)c1. The first kappa shape index (κ1) is 16.8. The molecule has 0 saturated heterocycles. The number of hydrogen-bond acceptors (Lipinski definition) is 3. The van der Waals surface area contributed by atoms with Crippen molar-refractivity contribution in [3.8, 4) is 0 Å². The third kappa shape index (κ3) is 4.22. The highest BCUT2D eigenvalue weighted by Gasteiger charge is 2.20. The van der Waals surface area contributed by atoms with Crippen LogP contribution in [0.25, 0.3) is 0 Å². The molecule has 2 aromatic rings. The average molecular weight is 314 g/mol. The first-order valence-corrected chi connectivity index (χ1v) is 7.59. The van der Waals surface area contributed by atoms with E-state index in [1.807, 2.05) is 32.9 Å². The fraction of sp³-hybridized carbons (Fsp3) is 0.333. The largest absolute Gasteiger partial charge is 0.472 e. The number of amides is 2. The van der Waals surface area contributed by atoms with Gasteiger partial charge >= 0.3 is 0 Å². The van der Waals surface area contributed by atoms with Crippen LogP contribution in [0.4, 0.5) is 0 Å². The minimum absolute atomic E-state index is 0.129. The number of carbonyl (C=O) groups is 2. The van der Waals surface area contributed by atoms with Gasteiger partial charge in [0.2, 0.25) is 5.91 Å². The number of aryl methyl sites for hydroxylation is 2. The Morgan fingerprint density at radius 3 is 2.48 bits per heavy atom. The van der Waals surface area contributed by atoms with E-state index in [9.17, 15) is 9.59 Å². The fourth-order valence-corrected chi connectivity index (χ4v) is 2.38. The fourth-order valence-electron chi connectivity index (χ4n) is 2.38. The second-order valence-corrected chi connectivity index (χ2v) is 5.80. The van der Waals surface area contributed by atoms with E-state index >= 15 is 0 Å². The molecule has 2 atom stereocenters. The van der Waals surface area contributed by atoms with Gasteiger partial charge in [0.15, 0.2) is 0 Å². The predicted molar refractivity (Wildman–Crippen MR) is 88.1 cm³/mol. The second kappa shape index (κ2) is 7.13. The first-order chi connectivity index (χ1) is 10.9. The van der Waals surface area contributed by atoms with Crippen molar-refractivity contribution in [1.82, 2.24) is 10.6 Å². The number of carbonyl (C=O) groups excluding carboxylic acids is 2. The lowest BCUT2D eigenvalue weighted by atomic mass is 10.00. The summed E-state index contributed by atoms with van der Waals surface area (Å²) in [6.07, 6.45) is 2.76. The van der Waals surface area contributed by atoms with Gasteiger partial charge in [0, 0.05) is 0 Å². The van der Waals surface area contributed by atoms with Crippen molar-refractivity contribution in [2.75, 3.05) is 0 Å². The van der Waals surface area contributed by atoms with Crippen molar-refractivity contribution < 1.29 is 14.0 Å². The lowest BCUT2D eigenvalue weighted by molar-refractivity contribution is -0.123. The second-order valence-electron chi connectivity index (χ2n) is 5.80. The molecule has 0 unspecified atom stereocenters. The molecule has 1 aromatic carbocycles. The van der Waals surface area contributed by atoms with E-state index in [2.05, 4.69) is 16.7 Å². The summed E-state index contributed by atoms with van der Waals surface area (Å²) >= 11 is 0. The maximum Gasteiger partial charge on any atom is 0.255 e. The zero-order valence-electron chi connectivity index (χ0n) is 13.8. The van der Waals surface area contributed by atoms with Gasteiger partial charge in [0.1, 0.15) is 12.3 Å². The zero-order valence-corrected chi connectivity index (χ0v) is 13.8. The van der Waals surface area contributed by atoms with Crippen molar-refractivity contribution in [3.05, 3.63) is 59.0 Å². The highest BCUT2D eigenvalue weighted by Crippen LogP contribution is 2.18. The normalized spacial score (nSPS) is 13.2. The molecule has 23 heavy (non-hydrogen) atoms. The maximum atomic E-state index is 12.3. The standard InChI is InChI=1S/C18H22N2O3/c1-11-5-6-12(2)16(9-11)13(3)19-17(21)14(4)20-18(22)15-7-8-23-10-15/h5-10,13-14H,1-4H3,(H,19,21)(H,20,22)/t13-,14-/m0/s1. The minimum atomic E-state index is -0.634. The maximum absolute atomic E-state index is 12.3. The summed E-state index contributed by atoms with van der Waals surface area (Å²) in [5, 5.41) is 5.59. The third-order valence-corrected chi connectivity index (χ3v) is 3.78. The van der Waals surface area contributed by atoms with Gasteiger partial charge in [-0.1, -0.05) is 23.8 Å². The van der Waals surface area contributed by atoms with Crippen LogP contribution in [-0.2, 0) is 4.79 Å². The van der Waals surface area contributed by atoms with Gasteiger partial charge in [-0.25, -0.2) is 0 Å². The van der Waals surface area contributed by atoms with Crippen molar-refractivity contribution in [2.45, 2.75) is 39.8 Å². The van der Waals surface area contributed by atoms with Crippen LogP contribution in [0.2, 0.25) is 0 Å². The summed E-state index contributed by atoms with van der Waals surface area (Å²) in [5.74, 6) is -0.559. The molecule has 122 valence electrons. The number of benzene rings is 1. The van der Waals surface area contributed by atoms with E-state index < -0.39 is 6.04 Å². The van der Waals surface area contributed by atoms with Crippen LogP contribution in [0.1, 0.15) is 46.9 Å². The topological polar surface area (TPSA) is 71.3 Å². The molecule has 0 aliphatic heterocycles. The molecule has 2 N–H and O–H groups in total. The Balaban J connectivity index is 1.97. The summed E-state index contributed by atoms with van der Waals surface area (Å²) < 4.78 is 4.86. The van der Waals surface area contributed by atoms with E-state index in [0.29, 0.717) is 5.56 Å². The molecule has 1 heterocycles. The Hall–Kier alpha value is -2.56. The molecular formula is C18H22N2O3. The van der Waals surface area contributed by atoms with Crippen LogP contribution in [0.3, 0.4) is 0 Å². The predicted octanol–water partition coefficient (Wildman–Crippen LogP) is 2.89. The van der Waals surface area contributed by atoms with E-state index in [-0.39, 0.29) is 17.9 Å². The summed E-state index contributed by atoms with van der Waals surface area (Å²) in [6, 6.07) is 6.94. The van der Waals surface area contributed by atoms with Crippen molar-refractivity contribution in [2.24, 2.45) is 0 Å². The average Bonchev–Trinajstić information content (AvgIpc) is 3.03. The van der Waals surface area contributed by atoms with Crippen LogP contribution in [0, 0.1) is 13.8 Å². The number of rotatable bonds is 5. The van der Waals surface area contributed by atoms with Gasteiger partial charge in [-0.15, -0.1) is 0 Å². The van der Waals surface area contributed by atoms with Crippen molar-refractivity contribution in [3.63, 3.8) is 0 Å². The van der Waals surface area contributed by atoms with Crippen LogP contribution in [-0.4, -0.2) is 17.9 Å². The summed E-state index contributed by atoms with van der Waals surface area (Å²) in [7, 11) is 0. The van der Waals surface area contributed by atoms with E-state index in [1.165, 1.54) is 12.5 Å². The molecule has 5 nitrogen and oxygen atoms in total. The van der Waals surface area contributed by atoms with Crippen molar-refractivity contribution >= 4 is 11.8 Å². The molecule has 0 fully saturated rings. The monoisotopic (exact) mass is 314 g/mol. The molecule has 0 bridgehead atoms. The van der Waals surface area contributed by atoms with Crippen LogP contribution >= 0.6 is 0 Å². The van der Waals surface area contributed by atoms with E-state index in [0.717, 1.165) is 16.7 Å². The number of hydrogen-bond donors (Lipinski definition) is 2. The number of furan rings is 1. The van der Waals surface area contributed by atoms with Crippen LogP contribution < -0.4 is 10.6 Å². The quantitative estimate of drug-likeness (QED) is 0.891. The summed E-state index contributed by atoms with van der Waals surface area (Å²) in [5.41, 5.74) is 3.74. The molecule has 5 heteroatoms. The van der Waals surface area contributed by atoms with E-state index in [1.54, 1.807) is 13.0 Å². The van der Waals surface area contributed by atoms with Crippen molar-refractivity contribution in [1.29, 1.82) is 0 Å². The zero-order chi connectivity index (χ0) is 17.0. The molecule has 2 amide bonds. The van der Waals surface area contributed by atoms with E-state index in [4.69, 9.17) is 4.42 Å². The molecule has 2 rings (SSSR count). The highest BCUT2D eigenvalue weighted by molar-refractivity contribution is 5.97. The summed E-state index contributed by atoms with van der Waals surface area (Å²) in [6.45, 7) is 7.63. The Kier molecular flexibility index (Phi) is 5.21. The van der Waals surface area contributed by atoms with Gasteiger partial charge in [-0.3, -0.25) is 9.59 Å². The molecule has 0 saturated carbocycles. The lowest BCUT2D eigenvalue weighted by Crippen LogP contribution is -2.45. The summed E-state index contributed by atoms with van der Waals surface area (Å²) in [4.78, 5) is 24.2. The van der Waals surface area contributed by atoms with Crippen LogP contribution in [0.15, 0.2) is 41.2 Å². The molecule has 0 aliphatic rings. The third-order valence-electron chi connectivity index (χ3n) is 3.78. The number of nitrogens with one attached hydrogen (secondary N) is 2. The Labute approximate surface area is 136 Å². The van der Waals surface area contributed by atoms with Gasteiger partial charge in [0.05, 0.1) is 17.9 Å². The molecule has 1 aromatic heterocycles. The Morgan fingerprint density at radius 1 is 1.09 bits per heavy atom. The minimum Gasteiger partial charge on any atom is -0.472 e. The molecular weight excluding hydrogens is 292 g/mol. The molecule has 0 radical (unpaired) electrons. The Morgan fingerprint density at radius 2 is 1.83 bits per heavy atom. The smallest absolute Gasteiger partial charge is 0.255 e. The molecule has 0 spiro atoms. The van der Waals surface area contributed by atoms with Gasteiger partial charge in [-0.05, 0) is 44.9 Å².